The molecule has 0 amide bonds. The Bertz CT molecular complexity index is 895. The van der Waals surface area contributed by atoms with E-state index in [1.807, 2.05) is 53.1 Å². The van der Waals surface area contributed by atoms with Gasteiger partial charge in [-0.1, -0.05) is 27.7 Å². The van der Waals surface area contributed by atoms with Gasteiger partial charge in [-0.3, -0.25) is 9.36 Å². The third-order valence-electron chi connectivity index (χ3n) is 3.61. The van der Waals surface area contributed by atoms with E-state index in [0.717, 1.165) is 21.5 Å². The number of hydrogen-bond acceptors (Lipinski definition) is 6. The molecule has 0 spiro atoms. The van der Waals surface area contributed by atoms with Crippen LogP contribution in [0.3, 0.4) is 0 Å². The van der Waals surface area contributed by atoms with E-state index in [4.69, 9.17) is 9.47 Å². The normalized spacial score (nSPS) is 10.6. The molecule has 1 heterocycles. The largest absolute Gasteiger partial charge is 0.497 e. The molecule has 0 saturated carbocycles. The molecule has 0 bridgehead atoms. The summed E-state index contributed by atoms with van der Waals surface area (Å²) in [5, 5.41) is 9.21. The maximum Gasteiger partial charge on any atom is 0.316 e. The van der Waals surface area contributed by atoms with Crippen LogP contribution in [-0.4, -0.2) is 40.7 Å². The smallest absolute Gasteiger partial charge is 0.316 e. The molecule has 0 saturated heterocycles. The van der Waals surface area contributed by atoms with E-state index >= 15 is 0 Å². The molecule has 26 heavy (non-hydrogen) atoms. The molecule has 0 aliphatic carbocycles. The van der Waals surface area contributed by atoms with Crippen molar-refractivity contribution in [1.82, 2.24) is 14.8 Å². The summed E-state index contributed by atoms with van der Waals surface area (Å²) in [6.07, 6.45) is 0. The van der Waals surface area contributed by atoms with E-state index in [1.165, 1.54) is 18.9 Å². The highest BCUT2D eigenvalue weighted by atomic mass is 79.9. The number of thioether (sulfide) groups is 1. The summed E-state index contributed by atoms with van der Waals surface area (Å²) in [5.74, 6) is 1.30. The molecular weight excluding hydrogens is 418 g/mol. The van der Waals surface area contributed by atoms with Crippen molar-refractivity contribution in [3.8, 4) is 22.8 Å². The third-order valence-corrected chi connectivity index (χ3v) is 5.04. The Morgan fingerprint density at radius 2 is 1.77 bits per heavy atom. The van der Waals surface area contributed by atoms with Crippen molar-refractivity contribution in [2.24, 2.45) is 0 Å². The van der Waals surface area contributed by atoms with Gasteiger partial charge >= 0.3 is 5.97 Å². The Morgan fingerprint density at radius 3 is 2.38 bits per heavy atom. The first-order chi connectivity index (χ1) is 12.6. The van der Waals surface area contributed by atoms with Gasteiger partial charge in [0, 0.05) is 15.7 Å². The molecule has 0 aliphatic heterocycles. The van der Waals surface area contributed by atoms with Crippen LogP contribution in [0.5, 0.6) is 5.75 Å². The summed E-state index contributed by atoms with van der Waals surface area (Å²) in [4.78, 5) is 11.5. The molecular formula is C18H16BrN3O3S. The number of aromatic nitrogens is 3. The highest BCUT2D eigenvalue weighted by molar-refractivity contribution is 9.10. The molecule has 0 aliphatic rings. The predicted octanol–water partition coefficient (Wildman–Crippen LogP) is 3.97. The lowest BCUT2D eigenvalue weighted by molar-refractivity contribution is -0.137. The van der Waals surface area contributed by atoms with Gasteiger partial charge in [-0.15, -0.1) is 10.2 Å². The van der Waals surface area contributed by atoms with Gasteiger partial charge in [0.15, 0.2) is 11.0 Å². The molecule has 1 aromatic heterocycles. The minimum absolute atomic E-state index is 0.160. The number of ether oxygens (including phenoxy) is 2. The Kier molecular flexibility index (Phi) is 5.95. The lowest BCUT2D eigenvalue weighted by Crippen LogP contribution is -2.05. The number of halogens is 1. The van der Waals surface area contributed by atoms with Gasteiger partial charge in [0.25, 0.3) is 0 Å². The van der Waals surface area contributed by atoms with Crippen molar-refractivity contribution in [3.05, 3.63) is 53.0 Å². The topological polar surface area (TPSA) is 66.2 Å². The molecule has 2 aromatic carbocycles. The molecule has 3 aromatic rings. The summed E-state index contributed by atoms with van der Waals surface area (Å²) in [5.41, 5.74) is 1.79. The fourth-order valence-corrected chi connectivity index (χ4v) is 3.34. The number of methoxy groups -OCH3 is 2. The Labute approximate surface area is 163 Å². The number of carbonyl (C=O) groups is 1. The average molecular weight is 434 g/mol. The zero-order valence-electron chi connectivity index (χ0n) is 14.2. The SMILES string of the molecule is COC(=O)CSc1nnc(-c2ccc(OC)cc2)n1-c1ccc(Br)cc1. The van der Waals surface area contributed by atoms with Crippen molar-refractivity contribution in [2.45, 2.75) is 5.16 Å². The summed E-state index contributed by atoms with van der Waals surface area (Å²) >= 11 is 4.73. The fraction of sp³-hybridized carbons (Fsp3) is 0.167. The van der Waals surface area contributed by atoms with Crippen molar-refractivity contribution in [2.75, 3.05) is 20.0 Å². The Hall–Kier alpha value is -2.32. The lowest BCUT2D eigenvalue weighted by atomic mass is 10.2. The van der Waals surface area contributed by atoms with Crippen LogP contribution in [0.4, 0.5) is 0 Å². The fourth-order valence-electron chi connectivity index (χ4n) is 2.30. The van der Waals surface area contributed by atoms with E-state index in [9.17, 15) is 4.79 Å². The number of esters is 1. The van der Waals surface area contributed by atoms with Crippen LogP contribution >= 0.6 is 27.7 Å². The second-order valence-electron chi connectivity index (χ2n) is 5.21. The highest BCUT2D eigenvalue weighted by Gasteiger charge is 2.17. The van der Waals surface area contributed by atoms with Crippen LogP contribution in [0, 0.1) is 0 Å². The van der Waals surface area contributed by atoms with Crippen LogP contribution in [0.15, 0.2) is 58.2 Å². The summed E-state index contributed by atoms with van der Waals surface area (Å²) < 4.78 is 12.8. The molecule has 6 nitrogen and oxygen atoms in total. The first kappa shape index (κ1) is 18.5. The number of benzene rings is 2. The second kappa shape index (κ2) is 8.37. The summed E-state index contributed by atoms with van der Waals surface area (Å²) in [7, 11) is 2.99. The number of carbonyl (C=O) groups excluding carboxylic acids is 1. The van der Waals surface area contributed by atoms with Crippen LogP contribution in [0.1, 0.15) is 0 Å². The molecule has 0 unspecified atom stereocenters. The standard InChI is InChI=1S/C18H16BrN3O3S/c1-24-15-9-3-12(4-10-15)17-20-21-18(26-11-16(23)25-2)22(17)14-7-5-13(19)6-8-14/h3-10H,11H2,1-2H3. The predicted molar refractivity (Wildman–Crippen MR) is 104 cm³/mol. The Balaban J connectivity index is 2.04. The van der Waals surface area contributed by atoms with Gasteiger partial charge in [-0.05, 0) is 48.5 Å². The van der Waals surface area contributed by atoms with Gasteiger partial charge < -0.3 is 9.47 Å². The monoisotopic (exact) mass is 433 g/mol. The van der Waals surface area contributed by atoms with Gasteiger partial charge in [-0.25, -0.2) is 0 Å². The molecule has 0 fully saturated rings. The second-order valence-corrected chi connectivity index (χ2v) is 7.07. The maximum absolute atomic E-state index is 11.5. The molecule has 0 atom stereocenters. The maximum atomic E-state index is 11.5. The first-order valence-electron chi connectivity index (χ1n) is 7.67. The zero-order chi connectivity index (χ0) is 18.5. The summed E-state index contributed by atoms with van der Waals surface area (Å²) in [6, 6.07) is 15.4. The van der Waals surface area contributed by atoms with Crippen LogP contribution < -0.4 is 4.74 Å². The van der Waals surface area contributed by atoms with Crippen molar-refractivity contribution >= 4 is 33.7 Å². The lowest BCUT2D eigenvalue weighted by Gasteiger charge is -2.10. The quantitative estimate of drug-likeness (QED) is 0.432. The number of hydrogen-bond donors (Lipinski definition) is 0. The minimum Gasteiger partial charge on any atom is -0.497 e. The molecule has 0 radical (unpaired) electrons. The van der Waals surface area contributed by atoms with Crippen LogP contribution in [-0.2, 0) is 9.53 Å². The van der Waals surface area contributed by atoms with Crippen molar-refractivity contribution < 1.29 is 14.3 Å². The van der Waals surface area contributed by atoms with Crippen LogP contribution in [0.2, 0.25) is 0 Å². The van der Waals surface area contributed by atoms with Gasteiger partial charge in [0.2, 0.25) is 0 Å². The van der Waals surface area contributed by atoms with E-state index in [0.29, 0.717) is 11.0 Å². The summed E-state index contributed by atoms with van der Waals surface area (Å²) in [6.45, 7) is 0. The van der Waals surface area contributed by atoms with Gasteiger partial charge in [0.1, 0.15) is 5.75 Å². The molecule has 8 heteroatoms. The molecule has 3 rings (SSSR count). The first-order valence-corrected chi connectivity index (χ1v) is 9.45. The highest BCUT2D eigenvalue weighted by Crippen LogP contribution is 2.29. The zero-order valence-corrected chi connectivity index (χ0v) is 16.6. The Morgan fingerprint density at radius 1 is 1.08 bits per heavy atom. The number of nitrogens with zero attached hydrogens (tertiary/aromatic N) is 3. The minimum atomic E-state index is -0.314. The van der Waals surface area contributed by atoms with Gasteiger partial charge in [0.05, 0.1) is 20.0 Å². The van der Waals surface area contributed by atoms with E-state index in [2.05, 4.69) is 26.1 Å². The molecule has 134 valence electrons. The van der Waals surface area contributed by atoms with Crippen LogP contribution in [0.25, 0.3) is 17.1 Å². The third kappa shape index (κ3) is 4.08. The van der Waals surface area contributed by atoms with E-state index < -0.39 is 0 Å². The van der Waals surface area contributed by atoms with Crippen molar-refractivity contribution in [1.29, 1.82) is 0 Å². The van der Waals surface area contributed by atoms with E-state index in [-0.39, 0.29) is 11.7 Å². The van der Waals surface area contributed by atoms with Gasteiger partial charge in [-0.2, -0.15) is 0 Å². The van der Waals surface area contributed by atoms with Crippen molar-refractivity contribution in [3.63, 3.8) is 0 Å². The molecule has 0 N–H and O–H groups in total. The van der Waals surface area contributed by atoms with E-state index in [1.54, 1.807) is 7.11 Å². The average Bonchev–Trinajstić information content (AvgIpc) is 3.10. The number of rotatable bonds is 6.